The Hall–Kier alpha value is -1.90. The van der Waals surface area contributed by atoms with Crippen molar-refractivity contribution in [2.75, 3.05) is 26.7 Å². The fourth-order valence-corrected chi connectivity index (χ4v) is 8.42. The number of benzene rings is 2. The average molecular weight is 616 g/mol. The van der Waals surface area contributed by atoms with Gasteiger partial charge in [0.15, 0.2) is 22.9 Å². The number of hydrogen-bond donors (Lipinski definition) is 1. The summed E-state index contributed by atoms with van der Waals surface area (Å²) in [6.07, 6.45) is 7.30. The first-order valence-corrected chi connectivity index (χ1v) is 13.6. The Bertz CT molecular complexity index is 1220. The van der Waals surface area contributed by atoms with Crippen LogP contribution in [0.4, 0.5) is 0 Å². The number of halogens is 1. The summed E-state index contributed by atoms with van der Waals surface area (Å²) in [7, 11) is 2.33. The third-order valence-corrected chi connectivity index (χ3v) is 9.91. The van der Waals surface area contributed by atoms with Crippen LogP contribution in [-0.4, -0.2) is 59.4 Å². The lowest BCUT2D eigenvalue weighted by Gasteiger charge is -2.68. The molecule has 2 heterocycles. The molecule has 3 unspecified atom stereocenters. The maximum Gasteiger partial charge on any atom is 0.184 e. The Morgan fingerprint density at radius 1 is 1.22 bits per heavy atom. The number of phenolic OH excluding ortho intramolecular Hbond substituents is 1. The molecule has 2 fully saturated rings. The second-order valence-corrected chi connectivity index (χ2v) is 11.6. The monoisotopic (exact) mass is 615 g/mol. The number of Topliss-reactive ketones (excluding diaryl/α,β-unsaturated/α-hetero) is 1. The molecule has 2 aromatic carbocycles. The van der Waals surface area contributed by atoms with Crippen molar-refractivity contribution in [3.63, 3.8) is 0 Å². The number of phenols is 1. The number of hydrogen-bond acceptors (Lipinski definition) is 4. The number of likely N-dealkylation sites (tertiary alicyclic amines) is 1. The van der Waals surface area contributed by atoms with E-state index in [-0.39, 0.29) is 41.6 Å². The lowest BCUT2D eigenvalue weighted by molar-refractivity contribution is -0.944. The lowest BCUT2D eigenvalue weighted by atomic mass is 9.43. The van der Waals surface area contributed by atoms with Gasteiger partial charge in [0.1, 0.15) is 11.6 Å². The van der Waals surface area contributed by atoms with Gasteiger partial charge in [-0.1, -0.05) is 56.3 Å². The summed E-state index contributed by atoms with van der Waals surface area (Å²) in [5.41, 5.74) is 1.04. The molecule has 2 aliphatic heterocycles. The minimum Gasteiger partial charge on any atom is -1.00 e. The summed E-state index contributed by atoms with van der Waals surface area (Å²) in [5, 5.41) is 11.1. The van der Waals surface area contributed by atoms with E-state index in [1.165, 1.54) is 5.56 Å². The van der Waals surface area contributed by atoms with Gasteiger partial charge >= 0.3 is 0 Å². The summed E-state index contributed by atoms with van der Waals surface area (Å²) >= 11 is 0. The molecule has 2 bridgehead atoms. The van der Waals surface area contributed by atoms with Crippen molar-refractivity contribution in [3.05, 3.63) is 71.8 Å². The number of piperidine rings is 1. The SMILES string of the molecule is C=CC[N@+]1(C)CC[C@]23c4c5ccc(O)c4OC2(Cc2ccccc2)C(=O)CCC3(OCCCC)C1C5.[I-]. The topological polar surface area (TPSA) is 55.8 Å². The van der Waals surface area contributed by atoms with E-state index >= 15 is 0 Å². The molecule has 6 heteroatoms. The number of nitrogens with zero attached hydrogens (tertiary/aromatic N) is 1. The number of unbranched alkanes of at least 4 members (excludes halogenated alkanes) is 1. The average Bonchev–Trinajstić information content (AvgIpc) is 3.18. The highest BCUT2D eigenvalue weighted by Gasteiger charge is 2.82. The van der Waals surface area contributed by atoms with E-state index in [4.69, 9.17) is 9.47 Å². The van der Waals surface area contributed by atoms with Crippen LogP contribution in [0.3, 0.4) is 0 Å². The first-order chi connectivity index (χ1) is 17.4. The van der Waals surface area contributed by atoms with Gasteiger partial charge in [-0.25, -0.2) is 0 Å². The maximum absolute atomic E-state index is 14.2. The van der Waals surface area contributed by atoms with E-state index in [0.717, 1.165) is 54.4 Å². The Morgan fingerprint density at radius 3 is 2.73 bits per heavy atom. The Balaban J connectivity index is 0.00000280. The lowest BCUT2D eigenvalue weighted by Crippen LogP contribution is -3.00. The second-order valence-electron chi connectivity index (χ2n) is 11.6. The molecule has 1 saturated heterocycles. The van der Waals surface area contributed by atoms with Crippen molar-refractivity contribution in [2.24, 2.45) is 0 Å². The van der Waals surface area contributed by atoms with Gasteiger partial charge < -0.3 is 43.0 Å². The highest BCUT2D eigenvalue weighted by molar-refractivity contribution is 5.94. The smallest absolute Gasteiger partial charge is 0.184 e. The summed E-state index contributed by atoms with van der Waals surface area (Å²) in [6.45, 7) is 8.73. The number of ketones is 1. The highest BCUT2D eigenvalue weighted by Crippen LogP contribution is 2.70. The van der Waals surface area contributed by atoms with Crippen LogP contribution in [-0.2, 0) is 27.8 Å². The second kappa shape index (κ2) is 9.38. The summed E-state index contributed by atoms with van der Waals surface area (Å²) < 4.78 is 14.9. The van der Waals surface area contributed by atoms with E-state index < -0.39 is 16.6 Å². The third kappa shape index (κ3) is 3.37. The molecule has 1 N–H and O–H groups in total. The summed E-state index contributed by atoms with van der Waals surface area (Å²) in [5.74, 6) is 0.788. The zero-order valence-corrected chi connectivity index (χ0v) is 24.1. The van der Waals surface area contributed by atoms with Crippen molar-refractivity contribution in [1.82, 2.24) is 0 Å². The van der Waals surface area contributed by atoms with E-state index in [9.17, 15) is 9.90 Å². The normalized spacial score (nSPS) is 34.8. The zero-order valence-electron chi connectivity index (χ0n) is 22.0. The van der Waals surface area contributed by atoms with E-state index in [2.05, 4.69) is 38.7 Å². The van der Waals surface area contributed by atoms with Gasteiger partial charge in [-0.2, -0.15) is 0 Å². The van der Waals surface area contributed by atoms with E-state index in [1.54, 1.807) is 6.07 Å². The molecule has 0 aromatic heterocycles. The first kappa shape index (κ1) is 26.7. The van der Waals surface area contributed by atoms with Gasteiger partial charge in [-0.05, 0) is 36.1 Å². The van der Waals surface area contributed by atoms with Crippen molar-refractivity contribution in [2.45, 2.75) is 74.5 Å². The van der Waals surface area contributed by atoms with Gasteiger partial charge in [-0.3, -0.25) is 4.79 Å². The number of likely N-dealkylation sites (N-methyl/N-ethyl adjacent to an activating group) is 1. The molecule has 6 rings (SSSR count). The molecule has 5 nitrogen and oxygen atoms in total. The minimum absolute atomic E-state index is 0. The van der Waals surface area contributed by atoms with Crippen LogP contribution in [0.15, 0.2) is 55.1 Å². The standard InChI is InChI=1S/C31H37NO4.HI/c1-4-6-19-35-30-15-14-26(34)31(21-22-10-8-7-9-11-22)29(30)16-18-32(3,17-5-2)25(30)20-23-12-13-24(33)28(36-31)27(23)29;/h5,7-13,25H,2,4,6,14-21H2,1,3H3;1H/t25?,29-,30?,31?,32-;/m1./s1. The predicted octanol–water partition coefficient (Wildman–Crippen LogP) is 1.89. The number of aromatic hydroxyl groups is 1. The number of rotatable bonds is 8. The van der Waals surface area contributed by atoms with Gasteiger partial charge in [-0.15, -0.1) is 0 Å². The number of carbonyl (C=O) groups is 1. The quantitative estimate of drug-likeness (QED) is 0.214. The van der Waals surface area contributed by atoms with Gasteiger partial charge in [0.05, 0.1) is 25.6 Å². The molecule has 37 heavy (non-hydrogen) atoms. The molecule has 4 aliphatic rings. The third-order valence-electron chi connectivity index (χ3n) is 9.91. The number of quaternary nitrogens is 1. The van der Waals surface area contributed by atoms with Gasteiger partial charge in [0.2, 0.25) is 0 Å². The van der Waals surface area contributed by atoms with Crippen LogP contribution >= 0.6 is 0 Å². The molecule has 1 spiro atoms. The van der Waals surface area contributed by atoms with Crippen LogP contribution in [0.5, 0.6) is 11.5 Å². The van der Waals surface area contributed by atoms with E-state index in [1.807, 2.05) is 24.3 Å². The van der Waals surface area contributed by atoms with Crippen molar-refractivity contribution < 1.29 is 47.8 Å². The number of ether oxygens (including phenoxy) is 2. The van der Waals surface area contributed by atoms with Crippen molar-refractivity contribution >= 4 is 5.78 Å². The zero-order chi connectivity index (χ0) is 25.2. The Labute approximate surface area is 237 Å². The van der Waals surface area contributed by atoms with E-state index in [0.29, 0.717) is 31.6 Å². The largest absolute Gasteiger partial charge is 1.00 e. The Kier molecular flexibility index (Phi) is 6.77. The maximum atomic E-state index is 14.2. The number of carbonyl (C=O) groups excluding carboxylic acids is 1. The van der Waals surface area contributed by atoms with Crippen molar-refractivity contribution in [3.8, 4) is 11.5 Å². The molecule has 0 radical (unpaired) electrons. The molecular formula is C31H38INO4. The van der Waals surface area contributed by atoms with Gasteiger partial charge in [0.25, 0.3) is 0 Å². The molecular weight excluding hydrogens is 577 g/mol. The summed E-state index contributed by atoms with van der Waals surface area (Å²) in [4.78, 5) is 14.2. The van der Waals surface area contributed by atoms with Crippen molar-refractivity contribution in [1.29, 1.82) is 0 Å². The fourth-order valence-electron chi connectivity index (χ4n) is 8.42. The molecule has 1 saturated carbocycles. The van der Waals surface area contributed by atoms with Crippen LogP contribution in [0.25, 0.3) is 0 Å². The first-order valence-electron chi connectivity index (χ1n) is 13.6. The minimum atomic E-state index is -1.09. The molecule has 0 amide bonds. The summed E-state index contributed by atoms with van der Waals surface area (Å²) in [6, 6.07) is 14.2. The highest BCUT2D eigenvalue weighted by atomic mass is 127. The molecule has 198 valence electrons. The molecule has 5 atom stereocenters. The van der Waals surface area contributed by atoms with Crippen LogP contribution in [0.1, 0.15) is 55.7 Å². The van der Waals surface area contributed by atoms with Crippen LogP contribution in [0, 0.1) is 0 Å². The molecule has 2 aliphatic carbocycles. The van der Waals surface area contributed by atoms with Crippen LogP contribution < -0.4 is 28.7 Å². The fraction of sp³-hybridized carbons (Fsp3) is 0.516. The molecule has 2 aromatic rings. The van der Waals surface area contributed by atoms with Gasteiger partial charge in [0, 0.05) is 37.9 Å². The predicted molar refractivity (Wildman–Crippen MR) is 139 cm³/mol. The van der Waals surface area contributed by atoms with Crippen LogP contribution in [0.2, 0.25) is 0 Å². The Morgan fingerprint density at radius 2 is 2.00 bits per heavy atom.